The van der Waals surface area contributed by atoms with E-state index in [1.165, 1.54) is 24.8 Å². The molecule has 2 fully saturated rings. The molecule has 3 aromatic rings. The number of nitrogens with zero attached hydrogens (tertiary/aromatic N) is 4. The lowest BCUT2D eigenvalue weighted by molar-refractivity contribution is 0.0643. The molecule has 1 aromatic carbocycles. The van der Waals surface area contributed by atoms with Crippen LogP contribution in [0.3, 0.4) is 0 Å². The lowest BCUT2D eigenvalue weighted by Gasteiger charge is -2.27. The quantitative estimate of drug-likeness (QED) is 0.391. The number of carbonyl (C=O) groups is 1. The number of hydrogen-bond acceptors (Lipinski definition) is 6. The number of aromatic nitrogens is 3. The third kappa shape index (κ3) is 6.42. The van der Waals surface area contributed by atoms with Crippen LogP contribution >= 0.6 is 0 Å². The minimum atomic E-state index is -0.0664. The first kappa shape index (κ1) is 26.8. The topological polar surface area (TPSA) is 84.3 Å². The molecule has 5 rings (SSSR count). The Hall–Kier alpha value is -2.81. The van der Waals surface area contributed by atoms with E-state index in [4.69, 9.17) is 9.72 Å². The normalized spacial score (nSPS) is 16.9. The van der Waals surface area contributed by atoms with Crippen molar-refractivity contribution in [2.45, 2.75) is 64.6 Å². The number of hydrogen-bond donors (Lipinski definition) is 2. The second-order valence-corrected chi connectivity index (χ2v) is 11.3. The largest absolute Gasteiger partial charge is 0.381 e. The van der Waals surface area contributed by atoms with Gasteiger partial charge in [0, 0.05) is 57.0 Å². The summed E-state index contributed by atoms with van der Waals surface area (Å²) in [4.78, 5) is 20.8. The van der Waals surface area contributed by atoms with Gasteiger partial charge in [-0.3, -0.25) is 4.79 Å². The molecule has 1 aliphatic carbocycles. The molecule has 2 aliphatic rings. The Bertz CT molecular complexity index is 1230. The van der Waals surface area contributed by atoms with Gasteiger partial charge in [0.2, 0.25) is 0 Å². The first-order chi connectivity index (χ1) is 18.5. The number of rotatable bonds is 11. The maximum Gasteiger partial charge on any atom is 0.252 e. The van der Waals surface area contributed by atoms with Crippen LogP contribution in [0.15, 0.2) is 36.5 Å². The summed E-state index contributed by atoms with van der Waals surface area (Å²) in [6.07, 6.45) is 7.74. The summed E-state index contributed by atoms with van der Waals surface area (Å²) in [6, 6.07) is 11.3. The third-order valence-electron chi connectivity index (χ3n) is 7.90. The molecule has 3 heterocycles. The molecule has 0 atom stereocenters. The van der Waals surface area contributed by atoms with Crippen molar-refractivity contribution in [2.75, 3.05) is 39.9 Å². The zero-order chi connectivity index (χ0) is 26.5. The van der Waals surface area contributed by atoms with Gasteiger partial charge < -0.3 is 20.3 Å². The highest BCUT2D eigenvalue weighted by molar-refractivity contribution is 6.06. The van der Waals surface area contributed by atoms with E-state index in [-0.39, 0.29) is 11.9 Å². The fourth-order valence-corrected chi connectivity index (χ4v) is 5.31. The van der Waals surface area contributed by atoms with Gasteiger partial charge >= 0.3 is 0 Å². The molecule has 0 radical (unpaired) electrons. The van der Waals surface area contributed by atoms with E-state index in [1.807, 2.05) is 10.7 Å². The number of carbonyl (C=O) groups excluding carboxylic acids is 1. The summed E-state index contributed by atoms with van der Waals surface area (Å²) in [5.74, 6) is 0.392. The average molecular weight is 519 g/mol. The van der Waals surface area contributed by atoms with Gasteiger partial charge in [-0.2, -0.15) is 5.10 Å². The van der Waals surface area contributed by atoms with Gasteiger partial charge in [0.25, 0.3) is 5.91 Å². The smallest absolute Gasteiger partial charge is 0.252 e. The number of amides is 1. The van der Waals surface area contributed by atoms with E-state index in [0.717, 1.165) is 74.0 Å². The van der Waals surface area contributed by atoms with Crippen molar-refractivity contribution in [1.82, 2.24) is 30.3 Å². The molecular weight excluding hydrogens is 476 g/mol. The SMILES string of the molecule is CC(C)n1ncc2c(C(=O)NCC3CCOCC3)cc(-c3cccc(CN(C)CCNC4CCC4)c3)nc21. The van der Waals surface area contributed by atoms with Crippen molar-refractivity contribution in [1.29, 1.82) is 0 Å². The number of fused-ring (bicyclic) bond motifs is 1. The molecule has 0 unspecified atom stereocenters. The Kier molecular flexibility index (Phi) is 8.72. The maximum absolute atomic E-state index is 13.4. The lowest BCUT2D eigenvalue weighted by Crippen LogP contribution is -2.39. The molecule has 8 nitrogen and oxygen atoms in total. The van der Waals surface area contributed by atoms with Gasteiger partial charge in [0.15, 0.2) is 5.65 Å². The first-order valence-corrected chi connectivity index (χ1v) is 14.2. The Morgan fingerprint density at radius 1 is 1.18 bits per heavy atom. The van der Waals surface area contributed by atoms with Crippen LogP contribution in [0.1, 0.15) is 67.9 Å². The molecule has 0 bridgehead atoms. The zero-order valence-corrected chi connectivity index (χ0v) is 23.1. The minimum absolute atomic E-state index is 0.0664. The molecule has 1 aliphatic heterocycles. The van der Waals surface area contributed by atoms with E-state index in [2.05, 4.69) is 65.8 Å². The molecule has 8 heteroatoms. The van der Waals surface area contributed by atoms with Crippen LogP contribution in [-0.2, 0) is 11.3 Å². The van der Waals surface area contributed by atoms with Gasteiger partial charge in [-0.1, -0.05) is 24.6 Å². The van der Waals surface area contributed by atoms with Crippen LogP contribution in [0.2, 0.25) is 0 Å². The number of ether oxygens (including phenoxy) is 1. The highest BCUT2D eigenvalue weighted by Gasteiger charge is 2.21. The molecule has 204 valence electrons. The van der Waals surface area contributed by atoms with Gasteiger partial charge in [-0.15, -0.1) is 0 Å². The highest BCUT2D eigenvalue weighted by Crippen LogP contribution is 2.27. The van der Waals surface area contributed by atoms with Crippen molar-refractivity contribution in [3.63, 3.8) is 0 Å². The summed E-state index contributed by atoms with van der Waals surface area (Å²) in [6.45, 7) is 9.27. The van der Waals surface area contributed by atoms with Crippen molar-refractivity contribution >= 4 is 16.9 Å². The maximum atomic E-state index is 13.4. The van der Waals surface area contributed by atoms with Crippen molar-refractivity contribution in [2.24, 2.45) is 5.92 Å². The second kappa shape index (κ2) is 12.4. The summed E-state index contributed by atoms with van der Waals surface area (Å²) >= 11 is 0. The fraction of sp³-hybridized carbons (Fsp3) is 0.567. The summed E-state index contributed by atoms with van der Waals surface area (Å²) < 4.78 is 7.37. The van der Waals surface area contributed by atoms with Crippen LogP contribution in [0.4, 0.5) is 0 Å². The summed E-state index contributed by atoms with van der Waals surface area (Å²) in [5.41, 5.74) is 4.43. The molecule has 2 N–H and O–H groups in total. The van der Waals surface area contributed by atoms with Gasteiger partial charge in [0.1, 0.15) is 0 Å². The van der Waals surface area contributed by atoms with E-state index in [1.54, 1.807) is 6.20 Å². The van der Waals surface area contributed by atoms with Gasteiger partial charge in [-0.25, -0.2) is 9.67 Å². The predicted molar refractivity (Wildman–Crippen MR) is 151 cm³/mol. The number of pyridine rings is 1. The summed E-state index contributed by atoms with van der Waals surface area (Å²) in [7, 11) is 2.17. The highest BCUT2D eigenvalue weighted by atomic mass is 16.5. The Labute approximate surface area is 226 Å². The molecule has 38 heavy (non-hydrogen) atoms. The van der Waals surface area contributed by atoms with E-state index in [0.29, 0.717) is 18.0 Å². The number of nitrogens with one attached hydrogen (secondary N) is 2. The lowest BCUT2D eigenvalue weighted by atomic mass is 9.93. The predicted octanol–water partition coefficient (Wildman–Crippen LogP) is 4.41. The van der Waals surface area contributed by atoms with Crippen LogP contribution in [0, 0.1) is 5.92 Å². The van der Waals surface area contributed by atoms with Crippen molar-refractivity contribution in [3.8, 4) is 11.3 Å². The third-order valence-corrected chi connectivity index (χ3v) is 7.90. The molecule has 2 aromatic heterocycles. The van der Waals surface area contributed by atoms with Crippen LogP contribution in [0.25, 0.3) is 22.3 Å². The Morgan fingerprint density at radius 2 is 2.00 bits per heavy atom. The monoisotopic (exact) mass is 518 g/mol. The Balaban J connectivity index is 1.35. The van der Waals surface area contributed by atoms with Crippen LogP contribution in [-0.4, -0.2) is 71.5 Å². The van der Waals surface area contributed by atoms with Gasteiger partial charge in [0.05, 0.1) is 22.8 Å². The van der Waals surface area contributed by atoms with Crippen LogP contribution < -0.4 is 10.6 Å². The molecular formula is C30H42N6O2. The first-order valence-electron chi connectivity index (χ1n) is 14.2. The standard InChI is InChI=1S/C30H42N6O2/c1-21(2)36-29-27(19-33-36)26(30(37)32-18-22-10-14-38-15-11-22)17-28(34-29)24-7-4-6-23(16-24)20-35(3)13-12-31-25-8-5-9-25/h4,6-7,16-17,19,21-22,25,31H,5,8-15,18,20H2,1-3H3,(H,32,37). The fourth-order valence-electron chi connectivity index (χ4n) is 5.31. The Morgan fingerprint density at radius 3 is 2.74 bits per heavy atom. The number of benzene rings is 1. The van der Waals surface area contributed by atoms with E-state index in [9.17, 15) is 4.79 Å². The average Bonchev–Trinajstić information content (AvgIpc) is 3.33. The summed E-state index contributed by atoms with van der Waals surface area (Å²) in [5, 5.41) is 12.2. The van der Waals surface area contributed by atoms with Crippen molar-refractivity contribution < 1.29 is 9.53 Å². The molecule has 1 saturated heterocycles. The molecule has 0 spiro atoms. The van der Waals surface area contributed by atoms with E-state index >= 15 is 0 Å². The van der Waals surface area contributed by atoms with Gasteiger partial charge in [-0.05, 0) is 70.2 Å². The molecule has 1 saturated carbocycles. The minimum Gasteiger partial charge on any atom is -0.381 e. The van der Waals surface area contributed by atoms with Crippen LogP contribution in [0.5, 0.6) is 0 Å². The van der Waals surface area contributed by atoms with E-state index < -0.39 is 0 Å². The second-order valence-electron chi connectivity index (χ2n) is 11.3. The zero-order valence-electron chi connectivity index (χ0n) is 23.1. The van der Waals surface area contributed by atoms with Crippen molar-refractivity contribution in [3.05, 3.63) is 47.7 Å². The molecule has 1 amide bonds. The number of likely N-dealkylation sites (N-methyl/N-ethyl adjacent to an activating group) is 1.